The highest BCUT2D eigenvalue weighted by atomic mass is 35.5. The molecule has 1 aliphatic heterocycles. The summed E-state index contributed by atoms with van der Waals surface area (Å²) in [5.41, 5.74) is 7.83. The molecular formula is C9H10ClNO2. The standard InChI is InChI=1S/C9H10ClNO2/c10-9-7(2-4-13-9)8(11)6-1-3-12-5-6/h2,4-5,8H,1,3,11H2. The fourth-order valence-electron chi connectivity index (χ4n) is 1.36. The SMILES string of the molecule is NC(C1=COCC1)c1ccoc1Cl. The fraction of sp³-hybridized carbons (Fsp3) is 0.333. The van der Waals surface area contributed by atoms with Crippen molar-refractivity contribution in [2.24, 2.45) is 5.73 Å². The van der Waals surface area contributed by atoms with Crippen LogP contribution in [0, 0.1) is 0 Å². The summed E-state index contributed by atoms with van der Waals surface area (Å²) >= 11 is 5.80. The third kappa shape index (κ3) is 1.57. The molecule has 2 N–H and O–H groups in total. The van der Waals surface area contributed by atoms with Crippen LogP contribution < -0.4 is 5.73 Å². The Kier molecular flexibility index (Phi) is 2.29. The number of halogens is 1. The van der Waals surface area contributed by atoms with Crippen LogP contribution in [0.25, 0.3) is 0 Å². The van der Waals surface area contributed by atoms with Gasteiger partial charge in [0.1, 0.15) is 0 Å². The van der Waals surface area contributed by atoms with Gasteiger partial charge in [-0.05, 0) is 23.2 Å². The predicted octanol–water partition coefficient (Wildman–Crippen LogP) is 2.24. The first kappa shape index (κ1) is 8.66. The lowest BCUT2D eigenvalue weighted by molar-refractivity contribution is 0.281. The molecule has 1 unspecified atom stereocenters. The summed E-state index contributed by atoms with van der Waals surface area (Å²) in [6.07, 6.45) is 4.10. The number of rotatable bonds is 2. The first-order valence-electron chi connectivity index (χ1n) is 4.08. The topological polar surface area (TPSA) is 48.4 Å². The molecule has 0 fully saturated rings. The monoisotopic (exact) mass is 199 g/mol. The molecular weight excluding hydrogens is 190 g/mol. The quantitative estimate of drug-likeness (QED) is 0.795. The van der Waals surface area contributed by atoms with E-state index in [4.69, 9.17) is 26.5 Å². The highest BCUT2D eigenvalue weighted by molar-refractivity contribution is 6.29. The zero-order chi connectivity index (χ0) is 9.26. The molecule has 2 rings (SSSR count). The van der Waals surface area contributed by atoms with Crippen molar-refractivity contribution in [1.82, 2.24) is 0 Å². The number of nitrogens with two attached hydrogens (primary N) is 1. The van der Waals surface area contributed by atoms with Crippen molar-refractivity contribution in [1.29, 1.82) is 0 Å². The number of hydrogen-bond acceptors (Lipinski definition) is 3. The Labute approximate surface area is 81.1 Å². The first-order valence-corrected chi connectivity index (χ1v) is 4.46. The molecule has 0 saturated heterocycles. The lowest BCUT2D eigenvalue weighted by Gasteiger charge is -2.08. The highest BCUT2D eigenvalue weighted by Crippen LogP contribution is 2.30. The molecule has 0 amide bonds. The summed E-state index contributed by atoms with van der Waals surface area (Å²) in [5, 5.41) is 0.361. The average molecular weight is 200 g/mol. The number of ether oxygens (including phenoxy) is 1. The molecule has 1 aliphatic rings. The average Bonchev–Trinajstić information content (AvgIpc) is 2.72. The molecule has 0 bridgehead atoms. The summed E-state index contributed by atoms with van der Waals surface area (Å²) in [5.74, 6) is 0. The molecule has 0 aliphatic carbocycles. The molecule has 0 saturated carbocycles. The summed E-state index contributed by atoms with van der Waals surface area (Å²) < 4.78 is 10.1. The van der Waals surface area contributed by atoms with Crippen molar-refractivity contribution >= 4 is 11.6 Å². The second kappa shape index (κ2) is 3.44. The molecule has 1 aromatic rings. The van der Waals surface area contributed by atoms with Crippen LogP contribution in [0.2, 0.25) is 5.22 Å². The molecule has 0 aromatic carbocycles. The van der Waals surface area contributed by atoms with Gasteiger partial charge in [-0.2, -0.15) is 0 Å². The predicted molar refractivity (Wildman–Crippen MR) is 49.3 cm³/mol. The van der Waals surface area contributed by atoms with Crippen LogP contribution in [0.1, 0.15) is 18.0 Å². The Morgan fingerprint density at radius 2 is 2.38 bits per heavy atom. The second-order valence-electron chi connectivity index (χ2n) is 2.94. The van der Waals surface area contributed by atoms with Crippen LogP contribution in [0.4, 0.5) is 0 Å². The van der Waals surface area contributed by atoms with Crippen molar-refractivity contribution < 1.29 is 9.15 Å². The molecule has 13 heavy (non-hydrogen) atoms. The normalized spacial score (nSPS) is 18.2. The van der Waals surface area contributed by atoms with Gasteiger partial charge in [0.15, 0.2) is 5.22 Å². The zero-order valence-corrected chi connectivity index (χ0v) is 7.75. The van der Waals surface area contributed by atoms with Crippen LogP contribution in [0.5, 0.6) is 0 Å². The number of hydrogen-bond donors (Lipinski definition) is 1. The summed E-state index contributed by atoms with van der Waals surface area (Å²) in [7, 11) is 0. The maximum Gasteiger partial charge on any atom is 0.198 e. The minimum atomic E-state index is -0.200. The van der Waals surface area contributed by atoms with E-state index in [1.807, 2.05) is 0 Å². The Bertz CT molecular complexity index is 332. The van der Waals surface area contributed by atoms with Crippen molar-refractivity contribution in [2.45, 2.75) is 12.5 Å². The van der Waals surface area contributed by atoms with Gasteiger partial charge in [0.25, 0.3) is 0 Å². The van der Waals surface area contributed by atoms with E-state index in [0.29, 0.717) is 11.8 Å². The fourth-order valence-corrected chi connectivity index (χ4v) is 1.59. The highest BCUT2D eigenvalue weighted by Gasteiger charge is 2.19. The minimum Gasteiger partial charge on any atom is -0.501 e. The van der Waals surface area contributed by atoms with Gasteiger partial charge in [0.2, 0.25) is 0 Å². The molecule has 0 radical (unpaired) electrons. The Morgan fingerprint density at radius 3 is 2.92 bits per heavy atom. The van der Waals surface area contributed by atoms with E-state index < -0.39 is 0 Å². The van der Waals surface area contributed by atoms with Crippen LogP contribution in [0.15, 0.2) is 28.6 Å². The maximum atomic E-state index is 5.95. The van der Waals surface area contributed by atoms with E-state index in [2.05, 4.69) is 0 Å². The van der Waals surface area contributed by atoms with E-state index in [-0.39, 0.29) is 6.04 Å². The lowest BCUT2D eigenvalue weighted by Crippen LogP contribution is -2.11. The van der Waals surface area contributed by atoms with Crippen molar-refractivity contribution in [2.75, 3.05) is 6.61 Å². The lowest BCUT2D eigenvalue weighted by atomic mass is 10.0. The van der Waals surface area contributed by atoms with Crippen LogP contribution >= 0.6 is 11.6 Å². The second-order valence-corrected chi connectivity index (χ2v) is 3.28. The van der Waals surface area contributed by atoms with E-state index >= 15 is 0 Å². The third-order valence-electron chi connectivity index (χ3n) is 2.12. The van der Waals surface area contributed by atoms with Crippen LogP contribution in [-0.2, 0) is 4.74 Å². The van der Waals surface area contributed by atoms with E-state index in [1.54, 1.807) is 12.3 Å². The van der Waals surface area contributed by atoms with Crippen molar-refractivity contribution in [3.8, 4) is 0 Å². The van der Waals surface area contributed by atoms with Gasteiger partial charge in [0.05, 0.1) is 25.2 Å². The van der Waals surface area contributed by atoms with E-state index in [0.717, 1.165) is 17.6 Å². The molecule has 1 aromatic heterocycles. The largest absolute Gasteiger partial charge is 0.501 e. The minimum absolute atomic E-state index is 0.200. The molecule has 70 valence electrons. The van der Waals surface area contributed by atoms with Gasteiger partial charge in [-0.3, -0.25) is 0 Å². The molecule has 3 nitrogen and oxygen atoms in total. The smallest absolute Gasteiger partial charge is 0.198 e. The molecule has 1 atom stereocenters. The Hall–Kier alpha value is -0.930. The van der Waals surface area contributed by atoms with Gasteiger partial charge in [-0.15, -0.1) is 0 Å². The third-order valence-corrected chi connectivity index (χ3v) is 2.43. The van der Waals surface area contributed by atoms with Crippen LogP contribution in [-0.4, -0.2) is 6.61 Å². The Balaban J connectivity index is 2.21. The Morgan fingerprint density at radius 1 is 1.54 bits per heavy atom. The van der Waals surface area contributed by atoms with Crippen LogP contribution in [0.3, 0.4) is 0 Å². The molecule has 0 spiro atoms. The summed E-state index contributed by atoms with van der Waals surface area (Å²) in [6, 6.07) is 1.58. The number of furan rings is 1. The maximum absolute atomic E-state index is 5.95. The van der Waals surface area contributed by atoms with Gasteiger partial charge in [-0.1, -0.05) is 0 Å². The van der Waals surface area contributed by atoms with Gasteiger partial charge >= 0.3 is 0 Å². The molecule has 2 heterocycles. The van der Waals surface area contributed by atoms with E-state index in [9.17, 15) is 0 Å². The van der Waals surface area contributed by atoms with Crippen molar-refractivity contribution in [3.05, 3.63) is 34.9 Å². The van der Waals surface area contributed by atoms with Gasteiger partial charge < -0.3 is 14.9 Å². The summed E-state index contributed by atoms with van der Waals surface area (Å²) in [4.78, 5) is 0. The van der Waals surface area contributed by atoms with Gasteiger partial charge in [-0.25, -0.2) is 0 Å². The first-order chi connectivity index (χ1) is 6.29. The van der Waals surface area contributed by atoms with E-state index in [1.165, 1.54) is 6.26 Å². The van der Waals surface area contributed by atoms with Gasteiger partial charge in [0, 0.05) is 12.0 Å². The molecule has 4 heteroatoms. The van der Waals surface area contributed by atoms with Crippen molar-refractivity contribution in [3.63, 3.8) is 0 Å². The summed E-state index contributed by atoms with van der Waals surface area (Å²) in [6.45, 7) is 0.707. The zero-order valence-electron chi connectivity index (χ0n) is 7.00.